The summed E-state index contributed by atoms with van der Waals surface area (Å²) in [7, 11) is 0. The third-order valence-electron chi connectivity index (χ3n) is 4.86. The maximum atomic E-state index is 12.6. The van der Waals surface area contributed by atoms with Crippen LogP contribution in [0.5, 0.6) is 0 Å². The molecule has 0 aliphatic carbocycles. The van der Waals surface area contributed by atoms with Crippen molar-refractivity contribution in [2.75, 3.05) is 12.4 Å². The van der Waals surface area contributed by atoms with Gasteiger partial charge in [0.1, 0.15) is 41.7 Å². The van der Waals surface area contributed by atoms with Crippen molar-refractivity contribution in [3.8, 4) is 0 Å². The molecule has 0 aromatic carbocycles. The van der Waals surface area contributed by atoms with Crippen molar-refractivity contribution in [3.63, 3.8) is 0 Å². The van der Waals surface area contributed by atoms with E-state index in [0.29, 0.717) is 0 Å². The van der Waals surface area contributed by atoms with Crippen LogP contribution in [0.15, 0.2) is 17.5 Å². The molecule has 2 amide bonds. The van der Waals surface area contributed by atoms with Crippen molar-refractivity contribution >= 4 is 41.2 Å². The molecule has 166 valence electrons. The van der Waals surface area contributed by atoms with Gasteiger partial charge in [-0.2, -0.15) is 5.10 Å². The highest BCUT2D eigenvalue weighted by molar-refractivity contribution is 8.00. The number of fused-ring (bicyclic) bond motifs is 1. The quantitative estimate of drug-likeness (QED) is 0.247. The second-order valence-corrected chi connectivity index (χ2v) is 8.05. The van der Waals surface area contributed by atoms with Crippen molar-refractivity contribution < 1.29 is 33.9 Å². The summed E-state index contributed by atoms with van der Waals surface area (Å²) in [6, 6.07) is -1.90. The molecular weight excluding hydrogens is 434 g/mol. The van der Waals surface area contributed by atoms with E-state index < -0.39 is 46.1 Å². The van der Waals surface area contributed by atoms with Gasteiger partial charge in [-0.25, -0.2) is 4.79 Å². The number of β-lactam (4-membered cyclic amide) rings is 1. The molecule has 3 atom stereocenters. The van der Waals surface area contributed by atoms with Crippen molar-refractivity contribution in [2.24, 2.45) is 0 Å². The number of carbonyl (C=O) groups is 4. The molecule has 31 heavy (non-hydrogen) atoms. The number of esters is 1. The smallest absolute Gasteiger partial charge is 0.352 e. The largest absolute Gasteiger partial charge is 0.477 e. The number of carboxylic acids is 1. The third-order valence-corrected chi connectivity index (χ3v) is 6.20. The number of nitrogens with zero attached hydrogens (tertiary/aromatic N) is 4. The van der Waals surface area contributed by atoms with Gasteiger partial charge in [0.2, 0.25) is 5.91 Å². The van der Waals surface area contributed by atoms with Gasteiger partial charge in [0.15, 0.2) is 0 Å². The number of nitro groups is 1. The molecular formula is C17H19N5O8S. The van der Waals surface area contributed by atoms with E-state index in [-0.39, 0.29) is 35.0 Å². The predicted molar refractivity (Wildman–Crippen MR) is 105 cm³/mol. The molecule has 0 saturated carbocycles. The Labute approximate surface area is 179 Å². The molecule has 0 bridgehead atoms. The van der Waals surface area contributed by atoms with Gasteiger partial charge < -0.3 is 15.2 Å². The SMILES string of the molecule is CC(=O)OCC1=C(C(=O)O)N2C(=O)[C@H](NC(=O)[C@@H](C)n3cc([N+](=O)[O-])c(C)n3)[C@@H]2SC1. The first-order valence-electron chi connectivity index (χ1n) is 9.06. The number of carbonyl (C=O) groups excluding carboxylic acids is 3. The van der Waals surface area contributed by atoms with E-state index in [2.05, 4.69) is 10.4 Å². The number of amides is 2. The number of hydrogen-bond acceptors (Lipinski definition) is 9. The van der Waals surface area contributed by atoms with Crippen molar-refractivity contribution in [2.45, 2.75) is 38.2 Å². The van der Waals surface area contributed by atoms with E-state index in [1.165, 1.54) is 32.5 Å². The van der Waals surface area contributed by atoms with Gasteiger partial charge in [-0.05, 0) is 13.8 Å². The first-order chi connectivity index (χ1) is 14.5. The zero-order valence-corrected chi connectivity index (χ0v) is 17.5. The Balaban J connectivity index is 1.73. The van der Waals surface area contributed by atoms with E-state index in [1.54, 1.807) is 0 Å². The molecule has 0 radical (unpaired) electrons. The molecule has 2 aliphatic rings. The van der Waals surface area contributed by atoms with E-state index in [4.69, 9.17) is 4.74 Å². The van der Waals surface area contributed by atoms with Crippen molar-refractivity contribution in [1.29, 1.82) is 0 Å². The fourth-order valence-electron chi connectivity index (χ4n) is 3.23. The van der Waals surface area contributed by atoms with Crippen LogP contribution in [-0.2, 0) is 23.9 Å². The Morgan fingerprint density at radius 1 is 1.48 bits per heavy atom. The van der Waals surface area contributed by atoms with Crippen LogP contribution in [0.25, 0.3) is 0 Å². The number of aromatic nitrogens is 2. The molecule has 13 nitrogen and oxygen atoms in total. The van der Waals surface area contributed by atoms with Crippen molar-refractivity contribution in [1.82, 2.24) is 20.0 Å². The fraction of sp³-hybridized carbons (Fsp3) is 0.471. The second kappa shape index (κ2) is 8.37. The Hall–Kier alpha value is -3.42. The molecule has 0 unspecified atom stereocenters. The lowest BCUT2D eigenvalue weighted by Gasteiger charge is -2.49. The maximum Gasteiger partial charge on any atom is 0.352 e. The second-order valence-electron chi connectivity index (χ2n) is 6.95. The maximum absolute atomic E-state index is 12.6. The first-order valence-corrected chi connectivity index (χ1v) is 10.1. The van der Waals surface area contributed by atoms with E-state index >= 15 is 0 Å². The summed E-state index contributed by atoms with van der Waals surface area (Å²) in [4.78, 5) is 59.4. The third kappa shape index (κ3) is 4.10. The number of aryl methyl sites for hydroxylation is 1. The highest BCUT2D eigenvalue weighted by Gasteiger charge is 2.54. The minimum atomic E-state index is -1.33. The summed E-state index contributed by atoms with van der Waals surface area (Å²) >= 11 is 1.23. The van der Waals surface area contributed by atoms with Crippen LogP contribution in [0.1, 0.15) is 25.6 Å². The zero-order chi connectivity index (χ0) is 23.0. The number of aliphatic carboxylic acids is 1. The summed E-state index contributed by atoms with van der Waals surface area (Å²) in [6.45, 7) is 3.86. The predicted octanol–water partition coefficient (Wildman–Crippen LogP) is -0.0376. The molecule has 3 rings (SSSR count). The first kappa shape index (κ1) is 22.3. The summed E-state index contributed by atoms with van der Waals surface area (Å²) in [5.41, 5.74) is -0.0542. The molecule has 2 aliphatic heterocycles. The lowest BCUT2D eigenvalue weighted by molar-refractivity contribution is -0.385. The molecule has 1 saturated heterocycles. The number of rotatable bonds is 7. The van der Waals surface area contributed by atoms with Crippen LogP contribution in [0.2, 0.25) is 0 Å². The van der Waals surface area contributed by atoms with Crippen LogP contribution in [0, 0.1) is 17.0 Å². The molecule has 1 aromatic rings. The number of carboxylic acid groups (broad SMARTS) is 1. The van der Waals surface area contributed by atoms with Gasteiger partial charge in [0.25, 0.3) is 5.91 Å². The Morgan fingerprint density at radius 2 is 2.16 bits per heavy atom. The van der Waals surface area contributed by atoms with Crippen molar-refractivity contribution in [3.05, 3.63) is 33.3 Å². The lowest BCUT2D eigenvalue weighted by atomic mass is 10.0. The van der Waals surface area contributed by atoms with Gasteiger partial charge in [-0.1, -0.05) is 0 Å². The number of thioether (sulfide) groups is 1. The van der Waals surface area contributed by atoms with E-state index in [9.17, 15) is 34.4 Å². The number of ether oxygens (including phenoxy) is 1. The number of nitrogens with one attached hydrogen (secondary N) is 1. The average molecular weight is 453 g/mol. The zero-order valence-electron chi connectivity index (χ0n) is 16.7. The molecule has 1 fully saturated rings. The van der Waals surface area contributed by atoms with Gasteiger partial charge >= 0.3 is 17.6 Å². The minimum absolute atomic E-state index is 0.148. The molecule has 0 spiro atoms. The topological polar surface area (TPSA) is 174 Å². The van der Waals surface area contributed by atoms with E-state index in [1.807, 2.05) is 0 Å². The Bertz CT molecular complexity index is 1020. The summed E-state index contributed by atoms with van der Waals surface area (Å²) in [5.74, 6) is -2.91. The van der Waals surface area contributed by atoms with Crippen LogP contribution in [-0.4, -0.2) is 72.2 Å². The highest BCUT2D eigenvalue weighted by Crippen LogP contribution is 2.40. The highest BCUT2D eigenvalue weighted by atomic mass is 32.2. The van der Waals surface area contributed by atoms with Crippen LogP contribution in [0.4, 0.5) is 5.69 Å². The summed E-state index contributed by atoms with van der Waals surface area (Å²) in [6.07, 6.45) is 1.14. The summed E-state index contributed by atoms with van der Waals surface area (Å²) < 4.78 is 6.00. The fourth-order valence-corrected chi connectivity index (χ4v) is 4.55. The molecule has 14 heteroatoms. The summed E-state index contributed by atoms with van der Waals surface area (Å²) in [5, 5.41) is 26.4. The van der Waals surface area contributed by atoms with Gasteiger partial charge in [0.05, 0.1) is 4.92 Å². The van der Waals surface area contributed by atoms with Crippen LogP contribution < -0.4 is 5.32 Å². The van der Waals surface area contributed by atoms with Gasteiger partial charge in [-0.3, -0.25) is 34.1 Å². The molecule has 2 N–H and O–H groups in total. The normalized spacial score (nSPS) is 21.1. The van der Waals surface area contributed by atoms with E-state index in [0.717, 1.165) is 15.8 Å². The van der Waals surface area contributed by atoms with Crippen LogP contribution in [0.3, 0.4) is 0 Å². The molecule has 1 aromatic heterocycles. The lowest BCUT2D eigenvalue weighted by Crippen LogP contribution is -2.71. The minimum Gasteiger partial charge on any atom is -0.477 e. The van der Waals surface area contributed by atoms with Gasteiger partial charge in [0, 0.05) is 18.2 Å². The van der Waals surface area contributed by atoms with Gasteiger partial charge in [-0.15, -0.1) is 11.8 Å². The average Bonchev–Trinajstić information content (AvgIpc) is 3.10. The Morgan fingerprint density at radius 3 is 2.71 bits per heavy atom. The number of hydrogen-bond donors (Lipinski definition) is 2. The molecule has 3 heterocycles. The standard InChI is InChI=1S/C17H19N5O8S/c1-7-11(22(28)29)4-20(19-7)8(2)14(24)18-12-15(25)21-13(17(26)27)10(5-30-9(3)23)6-31-16(12)21/h4,8,12,16H,5-6H2,1-3H3,(H,18,24)(H,26,27)/t8-,12+,16+/m1/s1. The monoisotopic (exact) mass is 453 g/mol. The van der Waals surface area contributed by atoms with Crippen LogP contribution >= 0.6 is 11.8 Å². The Kier molecular flexibility index (Phi) is 6.01.